The van der Waals surface area contributed by atoms with Crippen molar-refractivity contribution in [3.63, 3.8) is 0 Å². The predicted molar refractivity (Wildman–Crippen MR) is 304 cm³/mol. The van der Waals surface area contributed by atoms with Crippen molar-refractivity contribution in [2.24, 2.45) is 35.0 Å². The van der Waals surface area contributed by atoms with Crippen LogP contribution < -0.4 is 54.4 Å². The summed E-state index contributed by atoms with van der Waals surface area (Å²) < 4.78 is 0. The number of benzene rings is 2. The van der Waals surface area contributed by atoms with Crippen molar-refractivity contribution < 1.29 is 53.4 Å². The first-order valence-corrected chi connectivity index (χ1v) is 28.5. The molecule has 1 fully saturated rings. The number of aliphatic hydroxyl groups excluding tert-OH is 2. The molecule has 0 unspecified atom stereocenters. The molecule has 0 spiro atoms. The van der Waals surface area contributed by atoms with Crippen LogP contribution in [0.15, 0.2) is 60.8 Å². The molecule has 1 saturated heterocycles. The number of aromatic nitrogens is 1. The van der Waals surface area contributed by atoms with E-state index in [-0.39, 0.29) is 95.7 Å². The molecule has 22 nitrogen and oxygen atoms in total. The Balaban J connectivity index is 1.77. The number of aromatic amines is 1. The Morgan fingerprint density at radius 2 is 1.23 bits per heavy atom. The lowest BCUT2D eigenvalue weighted by Gasteiger charge is -2.28. The van der Waals surface area contributed by atoms with E-state index >= 15 is 0 Å². The summed E-state index contributed by atoms with van der Waals surface area (Å²) in [4.78, 5) is 131. The molecular weight excluding hydrogens is 1030 g/mol. The highest BCUT2D eigenvalue weighted by Crippen LogP contribution is 2.24. The molecule has 16 N–H and O–H groups in total. The van der Waals surface area contributed by atoms with Gasteiger partial charge in [-0.25, -0.2) is 0 Å². The standard InChI is InChI=1S/C58H89N11O11/c1-5-6-7-8-12-17-40(71)32-41(72)31-38(30-39-34-63-44-19-14-13-18-42(39)44)52(74)65-48-23-27-62-53(75)43(36(4)70)33-51(73)45(20-24-59)64-54(76)46(21-25-60)67-57(79)49(28-35(2)3)68-58(80)50(29-37-15-10-9-11-16-37)69-55(77)47(22-26-61)66-56(48)78/h9-11,13-16,18-19,34-36,38,40,43,45-50,63,70-71H,5-8,12,17,20-33,59-61H2,1-4H3,(H,62,75)(H,64,76)(H,65,74)(H,66,78)(H,67,79)(H,68,80)(H,69,77)/t36-,38+,40-,43+,45+,46+,47+,48+,49+,50-/m1/s1. The monoisotopic (exact) mass is 1120 g/mol. The molecule has 0 saturated carbocycles. The molecule has 3 aromatic rings. The molecule has 7 amide bonds. The molecule has 4 rings (SSSR count). The Kier molecular flexibility index (Phi) is 28.5. The van der Waals surface area contributed by atoms with E-state index in [4.69, 9.17) is 17.2 Å². The fourth-order valence-electron chi connectivity index (χ4n) is 9.88. The number of hydrogen-bond donors (Lipinski definition) is 13. The van der Waals surface area contributed by atoms with Gasteiger partial charge in [-0.15, -0.1) is 0 Å². The van der Waals surface area contributed by atoms with Crippen LogP contribution in [0.3, 0.4) is 0 Å². The number of H-pyrrole nitrogens is 1. The van der Waals surface area contributed by atoms with Gasteiger partial charge in [0.15, 0.2) is 5.78 Å². The molecule has 0 aliphatic carbocycles. The Morgan fingerprint density at radius 1 is 0.662 bits per heavy atom. The number of amides is 7. The van der Waals surface area contributed by atoms with Gasteiger partial charge in [0.25, 0.3) is 0 Å². The largest absolute Gasteiger partial charge is 0.393 e. The summed E-state index contributed by atoms with van der Waals surface area (Å²) in [5.74, 6) is -9.17. The zero-order valence-electron chi connectivity index (χ0n) is 47.1. The zero-order valence-corrected chi connectivity index (χ0v) is 47.1. The first-order valence-electron chi connectivity index (χ1n) is 28.5. The van der Waals surface area contributed by atoms with Crippen LogP contribution in [0.4, 0.5) is 0 Å². The van der Waals surface area contributed by atoms with E-state index in [0.717, 1.165) is 43.0 Å². The molecule has 22 heteroatoms. The van der Waals surface area contributed by atoms with E-state index in [1.807, 2.05) is 38.1 Å². The summed E-state index contributed by atoms with van der Waals surface area (Å²) in [6.07, 6.45) is 3.04. The molecule has 442 valence electrons. The minimum Gasteiger partial charge on any atom is -0.393 e. The summed E-state index contributed by atoms with van der Waals surface area (Å²) in [6.45, 7) is 6.48. The molecule has 1 aromatic heterocycles. The number of nitrogens with one attached hydrogen (secondary N) is 8. The first kappa shape index (κ1) is 65.9. The van der Waals surface area contributed by atoms with Crippen molar-refractivity contribution in [1.82, 2.24) is 42.2 Å². The van der Waals surface area contributed by atoms with Gasteiger partial charge in [0.2, 0.25) is 41.4 Å². The number of fused-ring (bicyclic) bond motifs is 1. The molecule has 1 aliphatic heterocycles. The average molecular weight is 1120 g/mol. The summed E-state index contributed by atoms with van der Waals surface area (Å²) >= 11 is 0. The normalized spacial score (nSPS) is 22.7. The second kappa shape index (κ2) is 34.5. The highest BCUT2D eigenvalue weighted by molar-refractivity contribution is 5.98. The number of nitrogens with two attached hydrogens (primary N) is 3. The third kappa shape index (κ3) is 21.8. The smallest absolute Gasteiger partial charge is 0.243 e. The SMILES string of the molecule is CCCCCCC[C@@H](O)CC(=O)C[C@H](Cc1c[nH]c2ccccc12)C(=O)N[C@H]1CCNC(=O)[C@H]([C@@H](C)O)CC(=O)[C@H](CCN)NC(=O)[C@H](CCN)NC(=O)[C@H](CC(C)C)NC(=O)[C@@H](Cc2ccccc2)NC(=O)[C@H](CCN)NC1=O. The Labute approximate surface area is 469 Å². The Hall–Kier alpha value is -6.59. The summed E-state index contributed by atoms with van der Waals surface area (Å²) in [5, 5.41) is 41.6. The Morgan fingerprint density at radius 3 is 1.86 bits per heavy atom. The van der Waals surface area contributed by atoms with Crippen LogP contribution in [-0.4, -0.2) is 143 Å². The van der Waals surface area contributed by atoms with E-state index in [0.29, 0.717) is 17.5 Å². The van der Waals surface area contributed by atoms with Crippen LogP contribution in [-0.2, 0) is 56.0 Å². The molecule has 0 bridgehead atoms. The van der Waals surface area contributed by atoms with Gasteiger partial charge in [-0.2, -0.15) is 0 Å². The van der Waals surface area contributed by atoms with Crippen molar-refractivity contribution >= 4 is 63.8 Å². The van der Waals surface area contributed by atoms with Crippen molar-refractivity contribution in [3.8, 4) is 0 Å². The van der Waals surface area contributed by atoms with Gasteiger partial charge >= 0.3 is 0 Å². The topological polar surface area (TPSA) is 372 Å². The second-order valence-electron chi connectivity index (χ2n) is 21.6. The fraction of sp³-hybridized carbons (Fsp3) is 0.603. The number of rotatable bonds is 25. The van der Waals surface area contributed by atoms with Crippen LogP contribution in [0.25, 0.3) is 10.9 Å². The van der Waals surface area contributed by atoms with E-state index in [1.54, 1.807) is 36.5 Å². The molecule has 80 heavy (non-hydrogen) atoms. The van der Waals surface area contributed by atoms with Crippen LogP contribution >= 0.6 is 0 Å². The third-order valence-electron chi connectivity index (χ3n) is 14.4. The molecule has 10 atom stereocenters. The highest BCUT2D eigenvalue weighted by Gasteiger charge is 2.36. The van der Waals surface area contributed by atoms with Crippen molar-refractivity contribution in [3.05, 3.63) is 71.9 Å². The van der Waals surface area contributed by atoms with E-state index in [1.165, 1.54) is 6.92 Å². The average Bonchev–Trinajstić information content (AvgIpc) is 3.83. The summed E-state index contributed by atoms with van der Waals surface area (Å²) in [7, 11) is 0. The van der Waals surface area contributed by atoms with Crippen molar-refractivity contribution in [1.29, 1.82) is 0 Å². The van der Waals surface area contributed by atoms with Gasteiger partial charge in [-0.05, 0) is 94.6 Å². The zero-order chi connectivity index (χ0) is 58.7. The number of para-hydroxylation sites is 1. The maximum absolute atomic E-state index is 14.7. The number of carbonyl (C=O) groups excluding carboxylic acids is 9. The minimum atomic E-state index is -1.50. The molecule has 2 aromatic carbocycles. The van der Waals surface area contributed by atoms with Gasteiger partial charge in [-0.3, -0.25) is 43.2 Å². The molecule has 1 aliphatic rings. The summed E-state index contributed by atoms with van der Waals surface area (Å²) in [5.41, 5.74) is 20.0. The van der Waals surface area contributed by atoms with E-state index < -0.39 is 114 Å². The first-order chi connectivity index (χ1) is 38.3. The number of aliphatic hydroxyl groups is 2. The summed E-state index contributed by atoms with van der Waals surface area (Å²) in [6, 6.07) is 8.13. The second-order valence-corrected chi connectivity index (χ2v) is 21.6. The highest BCUT2D eigenvalue weighted by atomic mass is 16.3. The van der Waals surface area contributed by atoms with Gasteiger partial charge in [0.1, 0.15) is 36.0 Å². The lowest BCUT2D eigenvalue weighted by atomic mass is 9.90. The lowest BCUT2D eigenvalue weighted by molar-refractivity contribution is -0.136. The van der Waals surface area contributed by atoms with Crippen LogP contribution in [0, 0.1) is 17.8 Å². The van der Waals surface area contributed by atoms with Gasteiger partial charge in [0, 0.05) is 55.2 Å². The van der Waals surface area contributed by atoms with E-state index in [9.17, 15) is 53.4 Å². The number of Topliss-reactive ketones (excluding diaryl/α,β-unsaturated/α-hetero) is 2. The number of unbranched alkanes of at least 4 members (excludes halogenated alkanes) is 4. The molecular formula is C58H89N11O11. The number of ketones is 2. The van der Waals surface area contributed by atoms with Crippen LogP contribution in [0.5, 0.6) is 0 Å². The van der Waals surface area contributed by atoms with Gasteiger partial charge in [-0.1, -0.05) is 101 Å². The minimum absolute atomic E-state index is 0.0475. The predicted octanol–water partition coefficient (Wildman–Crippen LogP) is 1.12. The van der Waals surface area contributed by atoms with Gasteiger partial charge < -0.3 is 69.6 Å². The third-order valence-corrected chi connectivity index (χ3v) is 14.4. The Bertz CT molecular complexity index is 2490. The fourth-order valence-corrected chi connectivity index (χ4v) is 9.88. The van der Waals surface area contributed by atoms with Crippen LogP contribution in [0.2, 0.25) is 0 Å². The van der Waals surface area contributed by atoms with Crippen molar-refractivity contribution in [2.75, 3.05) is 26.2 Å². The maximum Gasteiger partial charge on any atom is 0.243 e. The van der Waals surface area contributed by atoms with Crippen LogP contribution in [0.1, 0.15) is 129 Å². The van der Waals surface area contributed by atoms with Gasteiger partial charge in [0.05, 0.1) is 24.2 Å². The maximum atomic E-state index is 14.7. The number of carbonyl (C=O) groups is 9. The lowest BCUT2D eigenvalue weighted by Crippen LogP contribution is -2.60. The van der Waals surface area contributed by atoms with Crippen molar-refractivity contribution in [2.45, 2.75) is 179 Å². The molecule has 0 radical (unpaired) electrons. The molecule has 2 heterocycles. The quantitative estimate of drug-likeness (QED) is 0.0529. The number of hydrogen-bond acceptors (Lipinski definition) is 14. The van der Waals surface area contributed by atoms with E-state index in [2.05, 4.69) is 49.1 Å².